The Labute approximate surface area is 260 Å². The van der Waals surface area contributed by atoms with Crippen LogP contribution in [0, 0.1) is 31.6 Å². The van der Waals surface area contributed by atoms with Gasteiger partial charge < -0.3 is 24.5 Å². The van der Waals surface area contributed by atoms with Crippen LogP contribution < -0.4 is 4.90 Å². The summed E-state index contributed by atoms with van der Waals surface area (Å²) in [4.78, 5) is 49.4. The summed E-state index contributed by atoms with van der Waals surface area (Å²) in [5.41, 5.74) is 1.23. The number of hydrogen-bond donors (Lipinski definition) is 1. The van der Waals surface area contributed by atoms with E-state index in [0.29, 0.717) is 26.1 Å². The van der Waals surface area contributed by atoms with Crippen molar-refractivity contribution in [3.63, 3.8) is 0 Å². The van der Waals surface area contributed by atoms with Gasteiger partial charge in [-0.15, -0.1) is 0 Å². The molecule has 0 aliphatic carbocycles. The van der Waals surface area contributed by atoms with Crippen molar-refractivity contribution in [1.29, 1.82) is 0 Å². The maximum absolute atomic E-state index is 14.9. The molecule has 4 aliphatic rings. The van der Waals surface area contributed by atoms with E-state index in [4.69, 9.17) is 4.74 Å². The monoisotopic (exact) mass is 597 g/mol. The molecule has 0 saturated carbocycles. The molecule has 2 saturated heterocycles. The fraction of sp³-hybridized carbons (Fsp3) is 0.472. The molecule has 0 aromatic heterocycles. The lowest BCUT2D eigenvalue weighted by Gasteiger charge is -2.41. The number of likely N-dealkylation sites (tertiary alicyclic amines) is 1. The number of aliphatic hydroxyl groups is 1. The summed E-state index contributed by atoms with van der Waals surface area (Å²) in [6.45, 7) is 10.6. The first-order chi connectivity index (χ1) is 21.1. The van der Waals surface area contributed by atoms with Crippen LogP contribution in [0.25, 0.3) is 0 Å². The van der Waals surface area contributed by atoms with Crippen molar-refractivity contribution in [2.45, 2.75) is 70.9 Å². The van der Waals surface area contributed by atoms with Crippen molar-refractivity contribution in [2.24, 2.45) is 17.8 Å². The molecule has 1 unspecified atom stereocenters. The minimum atomic E-state index is -1.38. The van der Waals surface area contributed by atoms with Crippen LogP contribution in [0.5, 0.6) is 0 Å². The number of hydrogen-bond acceptors (Lipinski definition) is 5. The first-order valence-corrected chi connectivity index (χ1v) is 15.8. The van der Waals surface area contributed by atoms with Crippen LogP contribution in [0.15, 0.2) is 72.8 Å². The summed E-state index contributed by atoms with van der Waals surface area (Å²) in [5, 5.41) is 10.7. The van der Waals surface area contributed by atoms with Crippen LogP contribution in [-0.2, 0) is 25.7 Å². The number of amides is 3. The van der Waals surface area contributed by atoms with Gasteiger partial charge in [0.05, 0.1) is 30.1 Å². The van der Waals surface area contributed by atoms with Gasteiger partial charge in [0.25, 0.3) is 5.91 Å². The van der Waals surface area contributed by atoms with E-state index in [9.17, 15) is 19.5 Å². The maximum atomic E-state index is 14.9. The van der Waals surface area contributed by atoms with Gasteiger partial charge in [-0.25, -0.2) is 0 Å². The lowest BCUT2D eigenvalue weighted by atomic mass is 9.74. The number of benzene rings is 2. The van der Waals surface area contributed by atoms with E-state index in [0.717, 1.165) is 22.4 Å². The molecular weight excluding hydrogens is 554 g/mol. The van der Waals surface area contributed by atoms with E-state index in [1.807, 2.05) is 107 Å². The highest BCUT2D eigenvalue weighted by molar-refractivity contribution is 6.06. The van der Waals surface area contributed by atoms with Crippen LogP contribution >= 0.6 is 0 Å². The smallest absolute Gasteiger partial charge is 0.253 e. The Hall–Kier alpha value is -3.75. The predicted molar refractivity (Wildman–Crippen MR) is 169 cm³/mol. The van der Waals surface area contributed by atoms with Crippen LogP contribution in [0.2, 0.25) is 0 Å². The zero-order chi connectivity index (χ0) is 31.4. The standard InChI is InChI=1S/C36H43N3O5/c1-6-23(2)27(22-40)39-31-34(43)38(30-24(3)13-10-14-25(30)4)20-12-18-36(31)29(33(39)42)28-32(41)37(19-11-17-35(28,5)44-36)21-26-15-8-7-9-16-26/h7-18,23,27-29,31,40H,6,19-22H2,1-5H3/t23-,27-,28+,29-,31?,35-,36-/m0/s1. The lowest BCUT2D eigenvalue weighted by molar-refractivity contribution is -0.152. The Kier molecular flexibility index (Phi) is 7.79. The van der Waals surface area contributed by atoms with Crippen molar-refractivity contribution in [1.82, 2.24) is 9.80 Å². The lowest BCUT2D eigenvalue weighted by Crippen LogP contribution is -2.60. The molecule has 2 aromatic rings. The minimum Gasteiger partial charge on any atom is -0.394 e. The number of anilines is 1. The quantitative estimate of drug-likeness (QED) is 0.484. The third kappa shape index (κ3) is 4.53. The van der Waals surface area contributed by atoms with Crippen molar-refractivity contribution in [3.8, 4) is 0 Å². The molecule has 7 atom stereocenters. The highest BCUT2D eigenvalue weighted by atomic mass is 16.5. The number of carbonyl (C=O) groups is 3. The Morgan fingerprint density at radius 3 is 2.25 bits per heavy atom. The zero-order valence-corrected chi connectivity index (χ0v) is 26.3. The van der Waals surface area contributed by atoms with Gasteiger partial charge in [0.2, 0.25) is 11.8 Å². The molecule has 44 heavy (non-hydrogen) atoms. The van der Waals surface area contributed by atoms with Crippen LogP contribution in [0.3, 0.4) is 0 Å². The average molecular weight is 598 g/mol. The number of fused-ring (bicyclic) bond motifs is 2. The molecule has 2 fully saturated rings. The number of ether oxygens (including phenoxy) is 1. The minimum absolute atomic E-state index is 0.0841. The number of para-hydroxylation sites is 1. The summed E-state index contributed by atoms with van der Waals surface area (Å²) in [6.07, 6.45) is 8.34. The molecule has 8 heteroatoms. The molecule has 0 bridgehead atoms. The molecule has 3 amide bonds. The molecule has 6 rings (SSSR count). The molecule has 2 aromatic carbocycles. The Morgan fingerprint density at radius 2 is 1.59 bits per heavy atom. The first-order valence-electron chi connectivity index (χ1n) is 15.8. The van der Waals surface area contributed by atoms with E-state index in [1.165, 1.54) is 0 Å². The Bertz CT molecular complexity index is 1500. The number of nitrogens with zero attached hydrogens (tertiary/aromatic N) is 3. The van der Waals surface area contributed by atoms with Gasteiger partial charge in [0, 0.05) is 25.3 Å². The fourth-order valence-corrected chi connectivity index (χ4v) is 8.06. The van der Waals surface area contributed by atoms with E-state index in [1.54, 1.807) is 14.7 Å². The van der Waals surface area contributed by atoms with E-state index >= 15 is 0 Å². The zero-order valence-electron chi connectivity index (χ0n) is 26.3. The molecule has 1 spiro atoms. The van der Waals surface area contributed by atoms with E-state index in [2.05, 4.69) is 0 Å². The SMILES string of the molecule is CC[C@H](C)[C@H](CO)N1C(=O)[C@@H]2[C@@H]3C(=O)N(Cc4ccccc4)CC=C[C@]3(C)O[C@@]23C=CCN(c2c(C)cccc2C)C(=O)C13. The highest BCUT2D eigenvalue weighted by Crippen LogP contribution is 2.58. The Morgan fingerprint density at radius 1 is 0.909 bits per heavy atom. The molecule has 1 N–H and O–H groups in total. The number of aliphatic hydroxyl groups excluding tert-OH is 1. The van der Waals surface area contributed by atoms with E-state index in [-0.39, 0.29) is 30.2 Å². The summed E-state index contributed by atoms with van der Waals surface area (Å²) >= 11 is 0. The fourth-order valence-electron chi connectivity index (χ4n) is 8.06. The number of aryl methyl sites for hydroxylation is 2. The first kappa shape index (κ1) is 30.3. The molecule has 232 valence electrons. The summed E-state index contributed by atoms with van der Waals surface area (Å²) < 4.78 is 7.01. The van der Waals surface area contributed by atoms with Gasteiger partial charge in [-0.05, 0) is 43.4 Å². The molecule has 0 radical (unpaired) electrons. The van der Waals surface area contributed by atoms with Gasteiger partial charge in [-0.2, -0.15) is 0 Å². The van der Waals surface area contributed by atoms with Gasteiger partial charge in [0.15, 0.2) is 0 Å². The van der Waals surface area contributed by atoms with Gasteiger partial charge in [-0.1, -0.05) is 93.1 Å². The number of rotatable bonds is 7. The number of carbonyl (C=O) groups excluding carboxylic acids is 3. The van der Waals surface area contributed by atoms with Crippen LogP contribution in [0.4, 0.5) is 5.69 Å². The van der Waals surface area contributed by atoms with Gasteiger partial charge in [-0.3, -0.25) is 14.4 Å². The van der Waals surface area contributed by atoms with E-state index < -0.39 is 35.1 Å². The topological polar surface area (TPSA) is 90.4 Å². The second kappa shape index (κ2) is 11.3. The van der Waals surface area contributed by atoms with Gasteiger partial charge >= 0.3 is 0 Å². The second-order valence-corrected chi connectivity index (χ2v) is 13.1. The molecular formula is C36H43N3O5. The predicted octanol–water partition coefficient (Wildman–Crippen LogP) is 4.18. The Balaban J connectivity index is 1.49. The van der Waals surface area contributed by atoms with Crippen molar-refractivity contribution in [3.05, 3.63) is 89.5 Å². The second-order valence-electron chi connectivity index (χ2n) is 13.1. The summed E-state index contributed by atoms with van der Waals surface area (Å²) in [5.74, 6) is -2.60. The van der Waals surface area contributed by atoms with Crippen LogP contribution in [0.1, 0.15) is 43.9 Å². The maximum Gasteiger partial charge on any atom is 0.253 e. The summed E-state index contributed by atoms with van der Waals surface area (Å²) in [6, 6.07) is 14.1. The third-order valence-electron chi connectivity index (χ3n) is 10.3. The van der Waals surface area contributed by atoms with Gasteiger partial charge in [0.1, 0.15) is 11.6 Å². The summed E-state index contributed by atoms with van der Waals surface area (Å²) in [7, 11) is 0. The normalized spacial score (nSPS) is 31.0. The van der Waals surface area contributed by atoms with Crippen LogP contribution in [-0.4, -0.2) is 75.6 Å². The largest absolute Gasteiger partial charge is 0.394 e. The average Bonchev–Trinajstić information content (AvgIpc) is 3.28. The molecule has 8 nitrogen and oxygen atoms in total. The highest BCUT2D eigenvalue weighted by Gasteiger charge is 2.75. The molecule has 4 heterocycles. The molecule has 4 aliphatic heterocycles. The third-order valence-corrected chi connectivity index (χ3v) is 10.3. The van der Waals surface area contributed by atoms with Crippen molar-refractivity contribution < 1.29 is 24.2 Å². The van der Waals surface area contributed by atoms with Crippen molar-refractivity contribution >= 4 is 23.4 Å². The van der Waals surface area contributed by atoms with Crippen molar-refractivity contribution in [2.75, 3.05) is 24.6 Å².